The number of amides is 1. The summed E-state index contributed by atoms with van der Waals surface area (Å²) in [4.78, 5) is 30.1. The third kappa shape index (κ3) is 2.52. The van der Waals surface area contributed by atoms with Crippen molar-refractivity contribution >= 4 is 16.9 Å². The first-order chi connectivity index (χ1) is 13.1. The standard InChI is InChI=1S/C22H23N3O2/c1-24-20-11-9-15(13-18(20)23-22(24)27)21(26)25-12-4-7-17-16-6-3-2-5-14(16)8-10-19(17)25/h2-3,5-6,9,11,13,17,19H,4,7-8,10,12H2,1H3,(H,23,27)/t17-,19+/m0/s1. The van der Waals surface area contributed by atoms with E-state index in [0.717, 1.165) is 43.3 Å². The molecule has 2 aliphatic rings. The van der Waals surface area contributed by atoms with Crippen LogP contribution in [0, 0.1) is 0 Å². The van der Waals surface area contributed by atoms with E-state index in [9.17, 15) is 9.59 Å². The molecule has 1 amide bonds. The van der Waals surface area contributed by atoms with Crippen molar-refractivity contribution in [3.8, 4) is 0 Å². The monoisotopic (exact) mass is 361 g/mol. The Kier molecular flexibility index (Phi) is 3.71. The van der Waals surface area contributed by atoms with Crippen LogP contribution in [0.25, 0.3) is 11.0 Å². The number of rotatable bonds is 1. The summed E-state index contributed by atoms with van der Waals surface area (Å²) in [6, 6.07) is 14.5. The van der Waals surface area contributed by atoms with Crippen molar-refractivity contribution < 1.29 is 4.79 Å². The van der Waals surface area contributed by atoms with Crippen molar-refractivity contribution in [1.82, 2.24) is 14.5 Å². The number of aryl methyl sites for hydroxylation is 2. The van der Waals surface area contributed by atoms with Crippen LogP contribution >= 0.6 is 0 Å². The Bertz CT molecular complexity index is 1090. The maximum absolute atomic E-state index is 13.3. The average Bonchev–Trinajstić information content (AvgIpc) is 3.00. The fourth-order valence-corrected chi connectivity index (χ4v) is 4.99. The number of aromatic nitrogens is 2. The molecule has 2 aromatic carbocycles. The zero-order valence-corrected chi connectivity index (χ0v) is 15.4. The summed E-state index contributed by atoms with van der Waals surface area (Å²) in [5.74, 6) is 0.517. The van der Waals surface area contributed by atoms with Crippen molar-refractivity contribution in [2.24, 2.45) is 7.05 Å². The predicted molar refractivity (Wildman–Crippen MR) is 105 cm³/mol. The molecule has 1 aliphatic heterocycles. The molecule has 3 aromatic rings. The molecular weight excluding hydrogens is 338 g/mol. The molecule has 0 saturated carbocycles. The molecule has 0 unspecified atom stereocenters. The van der Waals surface area contributed by atoms with Gasteiger partial charge in [0.2, 0.25) is 0 Å². The second-order valence-corrected chi connectivity index (χ2v) is 7.77. The zero-order chi connectivity index (χ0) is 18.5. The highest BCUT2D eigenvalue weighted by Gasteiger charge is 2.38. The molecule has 2 atom stereocenters. The molecule has 27 heavy (non-hydrogen) atoms. The van der Waals surface area contributed by atoms with E-state index < -0.39 is 0 Å². The van der Waals surface area contributed by atoms with E-state index in [1.54, 1.807) is 11.6 Å². The van der Waals surface area contributed by atoms with Gasteiger partial charge >= 0.3 is 5.69 Å². The van der Waals surface area contributed by atoms with Crippen molar-refractivity contribution in [2.75, 3.05) is 6.54 Å². The third-order valence-corrected chi connectivity index (χ3v) is 6.35. The largest absolute Gasteiger partial charge is 0.335 e. The summed E-state index contributed by atoms with van der Waals surface area (Å²) >= 11 is 0. The highest BCUT2D eigenvalue weighted by Crippen LogP contribution is 2.41. The van der Waals surface area contributed by atoms with Gasteiger partial charge in [-0.25, -0.2) is 4.79 Å². The minimum absolute atomic E-state index is 0.0793. The molecule has 2 heterocycles. The lowest BCUT2D eigenvalue weighted by molar-refractivity contribution is 0.0547. The second-order valence-electron chi connectivity index (χ2n) is 7.77. The SMILES string of the molecule is Cn1c(=O)[nH]c2cc(C(=O)N3CCC[C@H]4c5ccccc5CC[C@H]43)ccc21. The number of benzene rings is 2. The number of hydrogen-bond acceptors (Lipinski definition) is 2. The summed E-state index contributed by atoms with van der Waals surface area (Å²) < 4.78 is 1.57. The number of imidazole rings is 1. The minimum atomic E-state index is -0.156. The molecule has 1 aromatic heterocycles. The lowest BCUT2D eigenvalue weighted by Gasteiger charge is -2.45. The fraction of sp³-hybridized carbons (Fsp3) is 0.364. The number of carbonyl (C=O) groups is 1. The van der Waals surface area contributed by atoms with Gasteiger partial charge in [-0.15, -0.1) is 0 Å². The maximum atomic E-state index is 13.3. The molecule has 138 valence electrons. The summed E-state index contributed by atoms with van der Waals surface area (Å²) in [5, 5.41) is 0. The Morgan fingerprint density at radius 1 is 1.15 bits per heavy atom. The van der Waals surface area contributed by atoms with Crippen molar-refractivity contribution in [3.63, 3.8) is 0 Å². The Hall–Kier alpha value is -2.82. The van der Waals surface area contributed by atoms with Crippen LogP contribution in [0.5, 0.6) is 0 Å². The lowest BCUT2D eigenvalue weighted by Crippen LogP contribution is -2.49. The van der Waals surface area contributed by atoms with Crippen molar-refractivity contribution in [3.05, 3.63) is 69.6 Å². The van der Waals surface area contributed by atoms with Crippen LogP contribution in [0.15, 0.2) is 47.3 Å². The lowest BCUT2D eigenvalue weighted by atomic mass is 9.74. The number of likely N-dealkylation sites (tertiary alicyclic amines) is 1. The van der Waals surface area contributed by atoms with Crippen LogP contribution in [-0.2, 0) is 13.5 Å². The van der Waals surface area contributed by atoms with Crippen LogP contribution < -0.4 is 5.69 Å². The molecule has 5 rings (SSSR count). The Balaban J connectivity index is 1.49. The number of piperidine rings is 1. The molecule has 1 N–H and O–H groups in total. The molecular formula is C22H23N3O2. The van der Waals surface area contributed by atoms with E-state index in [2.05, 4.69) is 34.1 Å². The first-order valence-corrected chi connectivity index (χ1v) is 9.71. The number of fused-ring (bicyclic) bond motifs is 4. The van der Waals surface area contributed by atoms with Gasteiger partial charge in [-0.1, -0.05) is 24.3 Å². The minimum Gasteiger partial charge on any atom is -0.335 e. The predicted octanol–water partition coefficient (Wildman–Crippen LogP) is 3.20. The molecule has 1 saturated heterocycles. The van der Waals surface area contributed by atoms with Crippen molar-refractivity contribution in [2.45, 2.75) is 37.6 Å². The molecule has 0 bridgehead atoms. The van der Waals surface area contributed by atoms with Gasteiger partial charge in [0.05, 0.1) is 11.0 Å². The topological polar surface area (TPSA) is 58.1 Å². The summed E-state index contributed by atoms with van der Waals surface area (Å²) in [5.41, 5.74) is 4.90. The maximum Gasteiger partial charge on any atom is 0.326 e. The number of nitrogens with zero attached hydrogens (tertiary/aromatic N) is 2. The fourth-order valence-electron chi connectivity index (χ4n) is 4.99. The van der Waals surface area contributed by atoms with Gasteiger partial charge in [0, 0.05) is 31.1 Å². The number of carbonyl (C=O) groups excluding carboxylic acids is 1. The summed E-state index contributed by atoms with van der Waals surface area (Å²) in [7, 11) is 1.73. The quantitative estimate of drug-likeness (QED) is 0.724. The average molecular weight is 361 g/mol. The molecule has 1 fully saturated rings. The van der Waals surface area contributed by atoms with Crippen LogP contribution in [0.1, 0.15) is 46.7 Å². The zero-order valence-electron chi connectivity index (χ0n) is 15.4. The van der Waals surface area contributed by atoms with Crippen LogP contribution in [0.3, 0.4) is 0 Å². The van der Waals surface area contributed by atoms with E-state index in [1.807, 2.05) is 18.2 Å². The second kappa shape index (κ2) is 6.12. The molecule has 1 aliphatic carbocycles. The van der Waals surface area contributed by atoms with Gasteiger partial charge < -0.3 is 9.88 Å². The van der Waals surface area contributed by atoms with Gasteiger partial charge in [0.1, 0.15) is 0 Å². The van der Waals surface area contributed by atoms with E-state index in [1.165, 1.54) is 11.1 Å². The molecule has 5 heteroatoms. The number of H-pyrrole nitrogens is 1. The van der Waals surface area contributed by atoms with Crippen molar-refractivity contribution in [1.29, 1.82) is 0 Å². The Labute approximate surface area is 157 Å². The number of hydrogen-bond donors (Lipinski definition) is 1. The van der Waals surface area contributed by atoms with Gasteiger partial charge in [-0.3, -0.25) is 9.36 Å². The molecule has 0 radical (unpaired) electrons. The van der Waals surface area contributed by atoms with Crippen LogP contribution in [0.2, 0.25) is 0 Å². The third-order valence-electron chi connectivity index (χ3n) is 6.35. The molecule has 5 nitrogen and oxygen atoms in total. The van der Waals surface area contributed by atoms with Crippen LogP contribution in [0.4, 0.5) is 0 Å². The first kappa shape index (κ1) is 16.4. The Morgan fingerprint density at radius 2 is 2.00 bits per heavy atom. The van der Waals surface area contributed by atoms with E-state index in [0.29, 0.717) is 11.5 Å². The smallest absolute Gasteiger partial charge is 0.326 e. The number of aromatic amines is 1. The van der Waals surface area contributed by atoms with Gasteiger partial charge in [0.25, 0.3) is 5.91 Å². The number of nitrogens with one attached hydrogen (secondary N) is 1. The molecule has 0 spiro atoms. The Morgan fingerprint density at radius 3 is 2.89 bits per heavy atom. The van der Waals surface area contributed by atoms with Gasteiger partial charge in [0.15, 0.2) is 0 Å². The highest BCUT2D eigenvalue weighted by molar-refractivity contribution is 5.97. The van der Waals surface area contributed by atoms with Crippen LogP contribution in [-0.4, -0.2) is 32.9 Å². The summed E-state index contributed by atoms with van der Waals surface area (Å²) in [6.07, 6.45) is 4.24. The normalized spacial score (nSPS) is 21.7. The first-order valence-electron chi connectivity index (χ1n) is 9.71. The highest BCUT2D eigenvalue weighted by atomic mass is 16.2. The summed E-state index contributed by atoms with van der Waals surface area (Å²) in [6.45, 7) is 0.811. The van der Waals surface area contributed by atoms with Gasteiger partial charge in [-0.2, -0.15) is 0 Å². The van der Waals surface area contributed by atoms with E-state index in [4.69, 9.17) is 0 Å². The van der Waals surface area contributed by atoms with Gasteiger partial charge in [-0.05, 0) is 55.0 Å². The van der Waals surface area contributed by atoms with E-state index in [-0.39, 0.29) is 17.6 Å². The van der Waals surface area contributed by atoms with E-state index >= 15 is 0 Å².